The van der Waals surface area contributed by atoms with E-state index >= 15 is 0 Å². The zero-order chi connectivity index (χ0) is 10.7. The average Bonchev–Trinajstić information content (AvgIpc) is 2.61. The first kappa shape index (κ1) is 11.9. The van der Waals surface area contributed by atoms with Crippen LogP contribution < -0.4 is 0 Å². The van der Waals surface area contributed by atoms with E-state index in [2.05, 4.69) is 3.79 Å². The van der Waals surface area contributed by atoms with Crippen LogP contribution in [0.5, 0.6) is 0 Å². The second-order valence-electron chi connectivity index (χ2n) is 2.82. The van der Waals surface area contributed by atoms with Crippen molar-refractivity contribution >= 4 is 21.9 Å². The Kier molecular flexibility index (Phi) is 4.28. The summed E-state index contributed by atoms with van der Waals surface area (Å²) in [6, 6.07) is 0. The van der Waals surface area contributed by atoms with Gasteiger partial charge in [-0.15, -0.1) is 0 Å². The highest BCUT2D eigenvalue weighted by Gasteiger charge is 2.35. The van der Waals surface area contributed by atoms with E-state index in [9.17, 15) is 15.0 Å². The summed E-state index contributed by atoms with van der Waals surface area (Å²) >= 11 is -0.969. The van der Waals surface area contributed by atoms with E-state index in [4.69, 9.17) is 14.0 Å². The van der Waals surface area contributed by atoms with Gasteiger partial charge in [-0.25, -0.2) is 0 Å². The highest BCUT2D eigenvalue weighted by molar-refractivity contribution is 6.26. The molecule has 7 nitrogen and oxygen atoms in total. The number of rotatable bonds is 4. The average molecular weight is 221 g/mol. The van der Waals surface area contributed by atoms with Gasteiger partial charge in [-0.2, -0.15) is 0 Å². The summed E-state index contributed by atoms with van der Waals surface area (Å²) in [6.45, 7) is -0.715. The Labute approximate surface area is 86.3 Å². The van der Waals surface area contributed by atoms with Gasteiger partial charge in [0, 0.05) is 0 Å². The molecule has 8 heteroatoms. The van der Waals surface area contributed by atoms with Gasteiger partial charge in [0.15, 0.2) is 0 Å². The Morgan fingerprint density at radius 3 is 2.50 bits per heavy atom. The molecule has 1 fully saturated rings. The smallest absolute Gasteiger partial charge is 0.264 e. The summed E-state index contributed by atoms with van der Waals surface area (Å²) in [6.07, 6.45) is -6.03. The topological polar surface area (TPSA) is 116 Å². The Hall–Kier alpha value is -0.198. The molecule has 0 spiro atoms. The lowest BCUT2D eigenvalue weighted by Crippen LogP contribution is -2.47. The summed E-state index contributed by atoms with van der Waals surface area (Å²) in [5.41, 5.74) is 0. The predicted molar refractivity (Wildman–Crippen MR) is 41.8 cm³/mol. The Balaban J connectivity index is 2.55. The van der Waals surface area contributed by atoms with Crippen molar-refractivity contribution in [2.75, 3.05) is 6.61 Å². The van der Waals surface area contributed by atoms with Crippen LogP contribution in [-0.4, -0.2) is 73.3 Å². The van der Waals surface area contributed by atoms with E-state index in [-0.39, 0.29) is 0 Å². The largest absolute Gasteiger partial charge is 0.787 e. The van der Waals surface area contributed by atoms with Crippen molar-refractivity contribution in [3.8, 4) is 0 Å². The molecule has 1 aliphatic heterocycles. The number of aliphatic hydroxyl groups excluding tert-OH is 4. The van der Waals surface area contributed by atoms with Crippen LogP contribution in [-0.2, 0) is 12.4 Å². The monoisotopic (exact) mass is 221 g/mol. The predicted octanol–water partition coefficient (Wildman–Crippen LogP) is -3.46. The molecule has 0 amide bonds. The van der Waals surface area contributed by atoms with E-state index in [1.54, 1.807) is 0 Å². The van der Waals surface area contributed by atoms with Gasteiger partial charge in [0.05, 0.1) is 6.61 Å². The fourth-order valence-corrected chi connectivity index (χ4v) is 1.67. The summed E-state index contributed by atoms with van der Waals surface area (Å²) in [7, 11) is 0. The van der Waals surface area contributed by atoms with Crippen LogP contribution in [0.2, 0.25) is 0 Å². The third-order valence-corrected chi connectivity index (χ3v) is 2.57. The molecule has 1 rings (SSSR count). The molecule has 0 saturated carbocycles. The minimum atomic E-state index is -1.64. The molecule has 0 bridgehead atoms. The van der Waals surface area contributed by atoms with Crippen molar-refractivity contribution in [1.29, 1.82) is 0 Å². The molecule has 1 aliphatic rings. The molecule has 4 N–H and O–H groups in total. The first-order chi connectivity index (χ1) is 6.57. The van der Waals surface area contributed by atoms with Crippen molar-refractivity contribution in [3.63, 3.8) is 0 Å². The van der Waals surface area contributed by atoms with Crippen molar-refractivity contribution < 1.29 is 32.8 Å². The van der Waals surface area contributed by atoms with Gasteiger partial charge in [0.1, 0.15) is 24.4 Å². The molecule has 2 radical (unpaired) electrons. The van der Waals surface area contributed by atoms with Gasteiger partial charge in [0.25, 0.3) is 5.97 Å². The second kappa shape index (κ2) is 5.04. The summed E-state index contributed by atoms with van der Waals surface area (Å²) in [5, 5.41) is 36.1. The Bertz CT molecular complexity index is 210. The van der Waals surface area contributed by atoms with E-state index < -0.39 is 52.9 Å². The van der Waals surface area contributed by atoms with Crippen molar-refractivity contribution in [3.05, 3.63) is 0 Å². The van der Waals surface area contributed by atoms with Crippen LogP contribution in [0, 0.1) is 0 Å². The second-order valence-corrected chi connectivity index (χ2v) is 3.52. The first-order valence-corrected chi connectivity index (χ1v) is 4.85. The Morgan fingerprint density at radius 2 is 2.07 bits per heavy atom. The van der Waals surface area contributed by atoms with Crippen LogP contribution >= 0.6 is 0 Å². The molecule has 0 aromatic carbocycles. The molecule has 0 aromatic rings. The number of hydrogen-bond donors (Lipinski definition) is 4. The molecule has 1 saturated heterocycles. The van der Waals surface area contributed by atoms with E-state index in [0.717, 1.165) is 0 Å². The van der Waals surface area contributed by atoms with Crippen molar-refractivity contribution in [2.24, 2.45) is 0 Å². The van der Waals surface area contributed by atoms with Crippen molar-refractivity contribution in [1.82, 2.24) is 0 Å². The summed E-state index contributed by atoms with van der Waals surface area (Å²) < 4.78 is 9.21. The first-order valence-electron chi connectivity index (χ1n) is 3.90. The van der Waals surface area contributed by atoms with Crippen LogP contribution in [0.3, 0.4) is 0 Å². The van der Waals surface area contributed by atoms with Crippen LogP contribution in [0.1, 0.15) is 0 Å². The van der Waals surface area contributed by atoms with Crippen LogP contribution in [0.4, 0.5) is 0 Å². The number of carbonyl (C=O) groups is 1. The zero-order valence-corrected chi connectivity index (χ0v) is 8.26. The molecule has 0 aliphatic carbocycles. The molecular formula is C6H10AlO7-. The minimum Gasteiger partial charge on any atom is -0.787 e. The lowest BCUT2D eigenvalue weighted by Gasteiger charge is -2.26. The summed E-state index contributed by atoms with van der Waals surface area (Å²) in [4.78, 5) is 10.9. The highest BCUT2D eigenvalue weighted by Crippen LogP contribution is 2.13. The fourth-order valence-electron chi connectivity index (χ4n) is 0.992. The number of carbonyl (C=O) groups excluding carboxylic acids is 1. The molecule has 1 heterocycles. The van der Waals surface area contributed by atoms with Gasteiger partial charge in [-0.1, -0.05) is 0 Å². The quantitative estimate of drug-likeness (QED) is 0.364. The fraction of sp³-hybridized carbons (Fsp3) is 0.833. The molecule has 14 heavy (non-hydrogen) atoms. The molecular weight excluding hydrogens is 211 g/mol. The minimum absolute atomic E-state index is 0.715. The maximum atomic E-state index is 10.9. The maximum Gasteiger partial charge on any atom is 0.264 e. The molecule has 0 unspecified atom stereocenters. The van der Waals surface area contributed by atoms with Crippen molar-refractivity contribution in [2.45, 2.75) is 24.4 Å². The lowest BCUT2D eigenvalue weighted by atomic mass is 10.0. The standard InChI is InChI=1S/C6H11O7.Al/c7-1-2(8)3(9)4(10)5(11)6(12)13;/h2-5,7-10H,1H2,(H,12,13);/q-1;+1/p-1/t2-,3-,4+,5-;/m1./s1. The highest BCUT2D eigenvalue weighted by atomic mass is 27.2. The lowest BCUT2D eigenvalue weighted by molar-refractivity contribution is -0.149. The SMILES string of the molecule is O=C1[O][Al-][O][C@@H]1[C@@H](O)[C@H](O)[C@H](O)CO. The maximum absolute atomic E-state index is 10.9. The van der Waals surface area contributed by atoms with Gasteiger partial charge in [0.2, 0.25) is 15.9 Å². The molecule has 80 valence electrons. The van der Waals surface area contributed by atoms with E-state index in [1.807, 2.05) is 0 Å². The van der Waals surface area contributed by atoms with Gasteiger partial charge in [-0.3, -0.25) is 4.79 Å². The third kappa shape index (κ3) is 2.43. The molecule has 0 aromatic heterocycles. The summed E-state index contributed by atoms with van der Waals surface area (Å²) in [5.74, 6) is -0.767. The van der Waals surface area contributed by atoms with Gasteiger partial charge in [-0.05, 0) is 0 Å². The van der Waals surface area contributed by atoms with Crippen LogP contribution in [0.15, 0.2) is 0 Å². The normalized spacial score (nSPS) is 28.3. The third-order valence-electron chi connectivity index (χ3n) is 1.84. The van der Waals surface area contributed by atoms with E-state index in [0.29, 0.717) is 0 Å². The van der Waals surface area contributed by atoms with Crippen LogP contribution in [0.25, 0.3) is 0 Å². The van der Waals surface area contributed by atoms with E-state index in [1.165, 1.54) is 0 Å². The number of hydrogen-bond acceptors (Lipinski definition) is 7. The zero-order valence-electron chi connectivity index (χ0n) is 7.11. The van der Waals surface area contributed by atoms with Gasteiger partial charge < -0.3 is 28.0 Å². The Morgan fingerprint density at radius 1 is 1.43 bits per heavy atom. The van der Waals surface area contributed by atoms with Gasteiger partial charge >= 0.3 is 0 Å². The number of aliphatic hydroxyl groups is 4. The molecule has 4 atom stereocenters.